The second kappa shape index (κ2) is 6.91. The summed E-state index contributed by atoms with van der Waals surface area (Å²) in [5, 5.41) is 7.76. The molecule has 2 aromatic rings. The van der Waals surface area contributed by atoms with E-state index in [2.05, 4.69) is 15.3 Å². The summed E-state index contributed by atoms with van der Waals surface area (Å²) in [7, 11) is -3.35. The molecule has 0 radical (unpaired) electrons. The predicted octanol–water partition coefficient (Wildman–Crippen LogP) is 0.803. The van der Waals surface area contributed by atoms with Gasteiger partial charge in [0.1, 0.15) is 5.76 Å². The number of nitrogens with zero attached hydrogens (tertiary/aromatic N) is 5. The molecule has 1 spiro atoms. The maximum Gasteiger partial charge on any atom is 0.231 e. The lowest BCUT2D eigenvalue weighted by Gasteiger charge is -2.50. The fraction of sp³-hybridized carbons (Fsp3) is 0.667. The van der Waals surface area contributed by atoms with Gasteiger partial charge < -0.3 is 13.9 Å². The topological polar surface area (TPSA) is 123 Å². The van der Waals surface area contributed by atoms with Crippen molar-refractivity contribution in [2.75, 3.05) is 31.9 Å². The smallest absolute Gasteiger partial charge is 0.231 e. The van der Waals surface area contributed by atoms with Crippen molar-refractivity contribution < 1.29 is 22.3 Å². The third kappa shape index (κ3) is 3.35. The zero-order valence-corrected chi connectivity index (χ0v) is 17.8. The number of rotatable bonds is 5. The summed E-state index contributed by atoms with van der Waals surface area (Å²) in [5.41, 5.74) is 1.11. The summed E-state index contributed by atoms with van der Waals surface area (Å²) in [5.74, 6) is 1.38. The summed E-state index contributed by atoms with van der Waals surface area (Å²) < 4.78 is 37.0. The third-order valence-electron chi connectivity index (χ3n) is 6.09. The van der Waals surface area contributed by atoms with Crippen molar-refractivity contribution in [3.8, 4) is 0 Å². The number of carbonyl (C=O) groups excluding carboxylic acids is 1. The lowest BCUT2D eigenvalue weighted by Crippen LogP contribution is -2.62. The average Bonchev–Trinajstić information content (AvgIpc) is 3.33. The molecule has 0 aliphatic carbocycles. The van der Waals surface area contributed by atoms with E-state index in [0.29, 0.717) is 49.3 Å². The van der Waals surface area contributed by atoms with E-state index >= 15 is 0 Å². The molecular weight excluding hydrogens is 398 g/mol. The molecule has 0 bridgehead atoms. The summed E-state index contributed by atoms with van der Waals surface area (Å²) in [4.78, 5) is 18.9. The van der Waals surface area contributed by atoms with Crippen LogP contribution in [0.25, 0.3) is 0 Å². The van der Waals surface area contributed by atoms with Gasteiger partial charge in [0, 0.05) is 37.2 Å². The van der Waals surface area contributed by atoms with Gasteiger partial charge in [-0.2, -0.15) is 4.98 Å². The highest BCUT2D eigenvalue weighted by molar-refractivity contribution is 7.89. The first-order chi connectivity index (χ1) is 13.6. The summed E-state index contributed by atoms with van der Waals surface area (Å²) in [6, 6.07) is 0. The molecule has 0 N–H and O–H groups in total. The van der Waals surface area contributed by atoms with E-state index < -0.39 is 15.4 Å². The Morgan fingerprint density at radius 1 is 1.17 bits per heavy atom. The van der Waals surface area contributed by atoms with Gasteiger partial charge in [0.2, 0.25) is 21.8 Å². The van der Waals surface area contributed by atoms with E-state index in [1.807, 2.05) is 6.92 Å². The van der Waals surface area contributed by atoms with E-state index in [-0.39, 0.29) is 24.0 Å². The quantitative estimate of drug-likeness (QED) is 0.692. The van der Waals surface area contributed by atoms with Crippen LogP contribution >= 0.6 is 0 Å². The molecule has 4 heterocycles. The Labute approximate surface area is 169 Å². The fourth-order valence-electron chi connectivity index (χ4n) is 4.34. The van der Waals surface area contributed by atoms with Crippen molar-refractivity contribution in [1.82, 2.24) is 24.5 Å². The highest BCUT2D eigenvalue weighted by Crippen LogP contribution is 2.49. The van der Waals surface area contributed by atoms with Gasteiger partial charge in [-0.25, -0.2) is 12.7 Å². The van der Waals surface area contributed by atoms with Gasteiger partial charge in [-0.15, -0.1) is 0 Å². The molecule has 158 valence electrons. The van der Waals surface area contributed by atoms with Crippen LogP contribution in [0.4, 0.5) is 0 Å². The zero-order chi connectivity index (χ0) is 21.0. The largest absolute Gasteiger partial charge is 0.361 e. The van der Waals surface area contributed by atoms with Crippen molar-refractivity contribution in [3.63, 3.8) is 0 Å². The SMILES string of the molecule is CCS(=O)(=O)N1CC(c2nc(C)no2)C2(CN(C(=O)Cc3c(C)noc3C)C2)C1. The first-order valence-electron chi connectivity index (χ1n) is 9.63. The van der Waals surface area contributed by atoms with Crippen molar-refractivity contribution in [3.05, 3.63) is 28.7 Å². The second-order valence-electron chi connectivity index (χ2n) is 8.02. The van der Waals surface area contributed by atoms with Crippen molar-refractivity contribution in [2.45, 2.75) is 40.0 Å². The van der Waals surface area contributed by atoms with Crippen LogP contribution in [0, 0.1) is 26.2 Å². The predicted molar refractivity (Wildman–Crippen MR) is 102 cm³/mol. The van der Waals surface area contributed by atoms with E-state index in [1.54, 1.807) is 25.7 Å². The summed E-state index contributed by atoms with van der Waals surface area (Å²) in [6.07, 6.45) is 0.221. The molecule has 1 unspecified atom stereocenters. The van der Waals surface area contributed by atoms with E-state index in [9.17, 15) is 13.2 Å². The maximum atomic E-state index is 12.8. The lowest BCUT2D eigenvalue weighted by molar-refractivity contribution is -0.143. The molecule has 2 aromatic heterocycles. The maximum absolute atomic E-state index is 12.8. The summed E-state index contributed by atoms with van der Waals surface area (Å²) in [6.45, 7) is 8.53. The van der Waals surface area contributed by atoms with Crippen LogP contribution in [0.1, 0.15) is 41.6 Å². The molecule has 0 aromatic carbocycles. The first kappa shape index (κ1) is 20.0. The number of hydrogen-bond donors (Lipinski definition) is 0. The summed E-state index contributed by atoms with van der Waals surface area (Å²) >= 11 is 0. The minimum atomic E-state index is -3.35. The Morgan fingerprint density at radius 2 is 1.90 bits per heavy atom. The number of amides is 1. The van der Waals surface area contributed by atoms with Gasteiger partial charge in [-0.05, 0) is 27.7 Å². The molecule has 2 aliphatic rings. The molecular formula is C18H25N5O5S. The number of hydrogen-bond acceptors (Lipinski definition) is 8. The Hall–Kier alpha value is -2.27. The molecule has 1 amide bonds. The Balaban J connectivity index is 1.53. The highest BCUT2D eigenvalue weighted by Gasteiger charge is 2.59. The van der Waals surface area contributed by atoms with Gasteiger partial charge in [0.15, 0.2) is 5.82 Å². The Bertz CT molecular complexity index is 1020. The number of aryl methyl sites for hydroxylation is 3. The van der Waals surface area contributed by atoms with Crippen molar-refractivity contribution in [1.29, 1.82) is 0 Å². The fourth-order valence-corrected chi connectivity index (χ4v) is 5.54. The molecule has 0 saturated carbocycles. The van der Waals surface area contributed by atoms with Crippen LogP contribution in [-0.4, -0.2) is 70.8 Å². The molecule has 10 nitrogen and oxygen atoms in total. The number of likely N-dealkylation sites (tertiary alicyclic amines) is 1. The van der Waals surface area contributed by atoms with E-state index in [1.165, 1.54) is 4.31 Å². The molecule has 2 aliphatic heterocycles. The first-order valence-corrected chi connectivity index (χ1v) is 11.2. The highest BCUT2D eigenvalue weighted by atomic mass is 32.2. The lowest BCUT2D eigenvalue weighted by atomic mass is 9.71. The van der Waals surface area contributed by atoms with Gasteiger partial charge in [0.05, 0.1) is 23.8 Å². The standard InChI is InChI=1S/C18H25N5O5S/c1-5-29(25,26)23-7-15(17-19-13(4)21-28-17)18(10-23)8-22(9-18)16(24)6-14-11(2)20-27-12(14)3/h15H,5-10H2,1-4H3. The van der Waals surface area contributed by atoms with Crippen LogP contribution in [0.15, 0.2) is 9.05 Å². The molecule has 1 atom stereocenters. The Kier molecular flexibility index (Phi) is 4.77. The van der Waals surface area contributed by atoms with Gasteiger partial charge >= 0.3 is 0 Å². The number of sulfonamides is 1. The molecule has 2 saturated heterocycles. The molecule has 11 heteroatoms. The average molecular weight is 423 g/mol. The van der Waals surface area contributed by atoms with Gasteiger partial charge in [-0.1, -0.05) is 10.3 Å². The third-order valence-corrected chi connectivity index (χ3v) is 7.88. The minimum Gasteiger partial charge on any atom is -0.361 e. The van der Waals surface area contributed by atoms with E-state index in [0.717, 1.165) is 5.56 Å². The van der Waals surface area contributed by atoms with Crippen LogP contribution in [0.5, 0.6) is 0 Å². The Morgan fingerprint density at radius 3 is 2.45 bits per heavy atom. The number of carbonyl (C=O) groups is 1. The van der Waals surface area contributed by atoms with Crippen LogP contribution in [0.2, 0.25) is 0 Å². The molecule has 4 rings (SSSR count). The monoisotopic (exact) mass is 423 g/mol. The van der Waals surface area contributed by atoms with Crippen LogP contribution in [0.3, 0.4) is 0 Å². The van der Waals surface area contributed by atoms with Crippen molar-refractivity contribution in [2.24, 2.45) is 5.41 Å². The second-order valence-corrected chi connectivity index (χ2v) is 10.3. The van der Waals surface area contributed by atoms with Crippen molar-refractivity contribution >= 4 is 15.9 Å². The van der Waals surface area contributed by atoms with Gasteiger partial charge in [-0.3, -0.25) is 4.79 Å². The zero-order valence-electron chi connectivity index (χ0n) is 17.0. The van der Waals surface area contributed by atoms with Crippen LogP contribution in [-0.2, 0) is 21.2 Å². The number of aromatic nitrogens is 3. The molecule has 2 fully saturated rings. The van der Waals surface area contributed by atoms with Crippen LogP contribution < -0.4 is 0 Å². The van der Waals surface area contributed by atoms with E-state index in [4.69, 9.17) is 9.05 Å². The van der Waals surface area contributed by atoms with Gasteiger partial charge in [0.25, 0.3) is 0 Å². The molecule has 29 heavy (non-hydrogen) atoms. The normalized spacial score (nSPS) is 21.7. The minimum absolute atomic E-state index is 0.0257.